The third kappa shape index (κ3) is 5.25. The van der Waals surface area contributed by atoms with Gasteiger partial charge in [-0.05, 0) is 31.4 Å². The summed E-state index contributed by atoms with van der Waals surface area (Å²) < 4.78 is 26.5. The first kappa shape index (κ1) is 16.6. The van der Waals surface area contributed by atoms with E-state index in [4.69, 9.17) is 5.73 Å². The summed E-state index contributed by atoms with van der Waals surface area (Å²) in [5.74, 6) is -1.84. The zero-order valence-corrected chi connectivity index (χ0v) is 11.8. The van der Waals surface area contributed by atoms with Gasteiger partial charge in [-0.3, -0.25) is 4.79 Å². The van der Waals surface area contributed by atoms with Crippen LogP contribution in [0.3, 0.4) is 0 Å². The highest BCUT2D eigenvalue weighted by Gasteiger charge is 2.13. The molecule has 0 radical (unpaired) electrons. The van der Waals surface area contributed by atoms with Crippen LogP contribution in [0.1, 0.15) is 31.7 Å². The predicted molar refractivity (Wildman–Crippen MR) is 75.1 cm³/mol. The Morgan fingerprint density at radius 3 is 2.75 bits per heavy atom. The Labute approximate surface area is 118 Å². The molecule has 1 aromatic carbocycles. The molecule has 1 rings (SSSR count). The normalized spacial score (nSPS) is 12.2. The van der Waals surface area contributed by atoms with E-state index in [1.54, 1.807) is 0 Å². The van der Waals surface area contributed by atoms with Gasteiger partial charge >= 0.3 is 0 Å². The van der Waals surface area contributed by atoms with Gasteiger partial charge in [-0.2, -0.15) is 0 Å². The van der Waals surface area contributed by atoms with Gasteiger partial charge in [0.2, 0.25) is 5.91 Å². The second-order valence-corrected chi connectivity index (χ2v) is 4.93. The van der Waals surface area contributed by atoms with Crippen LogP contribution in [0, 0.1) is 17.6 Å². The second kappa shape index (κ2) is 8.64. The number of hydrogen-bond donors (Lipinski definition) is 2. The molecule has 0 aliphatic heterocycles. The number of carbonyl (C=O) groups excluding carboxylic acids is 1. The van der Waals surface area contributed by atoms with Crippen molar-refractivity contribution in [3.63, 3.8) is 0 Å². The highest BCUT2D eigenvalue weighted by molar-refractivity contribution is 5.78. The van der Waals surface area contributed by atoms with Gasteiger partial charge in [0.1, 0.15) is 0 Å². The van der Waals surface area contributed by atoms with Gasteiger partial charge in [0.15, 0.2) is 11.6 Å². The molecule has 0 fully saturated rings. The Hall–Kier alpha value is -1.49. The molecule has 0 aliphatic rings. The van der Waals surface area contributed by atoms with E-state index in [9.17, 15) is 13.6 Å². The molecule has 0 spiro atoms. The average Bonchev–Trinajstić information content (AvgIpc) is 2.42. The molecule has 0 bridgehead atoms. The van der Waals surface area contributed by atoms with Crippen LogP contribution in [-0.4, -0.2) is 19.0 Å². The summed E-state index contributed by atoms with van der Waals surface area (Å²) in [6, 6.07) is 3.85. The first-order valence-corrected chi connectivity index (χ1v) is 6.98. The third-order valence-corrected chi connectivity index (χ3v) is 3.24. The molecule has 0 aliphatic carbocycles. The van der Waals surface area contributed by atoms with Crippen molar-refractivity contribution in [1.82, 2.24) is 5.32 Å². The van der Waals surface area contributed by atoms with E-state index >= 15 is 0 Å². The van der Waals surface area contributed by atoms with Crippen molar-refractivity contribution in [3.8, 4) is 0 Å². The fourth-order valence-corrected chi connectivity index (χ4v) is 2.17. The topological polar surface area (TPSA) is 55.1 Å². The molecule has 0 saturated heterocycles. The maximum absolute atomic E-state index is 13.4. The minimum absolute atomic E-state index is 0.0772. The Kier molecular flexibility index (Phi) is 7.15. The summed E-state index contributed by atoms with van der Waals surface area (Å²) >= 11 is 0. The average molecular weight is 284 g/mol. The molecule has 0 aromatic heterocycles. The first-order chi connectivity index (χ1) is 9.58. The van der Waals surface area contributed by atoms with Crippen molar-refractivity contribution >= 4 is 5.91 Å². The molecular formula is C15H22F2N2O. The van der Waals surface area contributed by atoms with Gasteiger partial charge in [-0.25, -0.2) is 8.78 Å². The molecule has 1 aromatic rings. The number of halogens is 2. The van der Waals surface area contributed by atoms with Crippen LogP contribution in [-0.2, 0) is 11.2 Å². The molecule has 1 unspecified atom stereocenters. The molecule has 1 atom stereocenters. The lowest BCUT2D eigenvalue weighted by atomic mass is 10.00. The SMILES string of the molecule is CCCC(CCN)CNC(=O)Cc1cccc(F)c1F. The van der Waals surface area contributed by atoms with E-state index < -0.39 is 11.6 Å². The first-order valence-electron chi connectivity index (χ1n) is 6.98. The Bertz CT molecular complexity index is 432. The zero-order valence-electron chi connectivity index (χ0n) is 11.8. The van der Waals surface area contributed by atoms with E-state index in [1.807, 2.05) is 0 Å². The third-order valence-electron chi connectivity index (χ3n) is 3.24. The van der Waals surface area contributed by atoms with E-state index in [0.29, 0.717) is 19.0 Å². The number of amides is 1. The summed E-state index contributed by atoms with van der Waals surface area (Å²) in [5, 5.41) is 2.76. The lowest BCUT2D eigenvalue weighted by Gasteiger charge is -2.16. The van der Waals surface area contributed by atoms with Crippen molar-refractivity contribution in [2.24, 2.45) is 11.7 Å². The van der Waals surface area contributed by atoms with E-state index in [-0.39, 0.29) is 17.9 Å². The van der Waals surface area contributed by atoms with E-state index in [2.05, 4.69) is 12.2 Å². The Balaban J connectivity index is 2.48. The largest absolute Gasteiger partial charge is 0.356 e. The van der Waals surface area contributed by atoms with Gasteiger partial charge in [-0.15, -0.1) is 0 Å². The molecule has 3 N–H and O–H groups in total. The lowest BCUT2D eigenvalue weighted by Crippen LogP contribution is -2.31. The molecule has 0 heterocycles. The van der Waals surface area contributed by atoms with Gasteiger partial charge in [0.05, 0.1) is 6.42 Å². The molecular weight excluding hydrogens is 262 g/mol. The summed E-state index contributed by atoms with van der Waals surface area (Å²) in [4.78, 5) is 11.8. The standard InChI is InChI=1S/C15H22F2N2O/c1-2-4-11(7-8-18)10-19-14(20)9-12-5-3-6-13(16)15(12)17/h3,5-6,11H,2,4,7-10,18H2,1H3,(H,19,20). The number of carbonyl (C=O) groups is 1. The number of rotatable bonds is 8. The van der Waals surface area contributed by atoms with Crippen LogP contribution in [0.15, 0.2) is 18.2 Å². The summed E-state index contributed by atoms with van der Waals surface area (Å²) in [7, 11) is 0. The highest BCUT2D eigenvalue weighted by Crippen LogP contribution is 2.12. The Morgan fingerprint density at radius 1 is 1.35 bits per heavy atom. The van der Waals surface area contributed by atoms with Gasteiger partial charge in [0.25, 0.3) is 0 Å². The minimum Gasteiger partial charge on any atom is -0.356 e. The van der Waals surface area contributed by atoms with Crippen molar-refractivity contribution in [2.75, 3.05) is 13.1 Å². The zero-order chi connectivity index (χ0) is 15.0. The molecule has 1 amide bonds. The molecule has 0 saturated carbocycles. The van der Waals surface area contributed by atoms with E-state index in [0.717, 1.165) is 25.3 Å². The van der Waals surface area contributed by atoms with Crippen LogP contribution in [0.4, 0.5) is 8.78 Å². The van der Waals surface area contributed by atoms with Gasteiger partial charge in [-0.1, -0.05) is 25.5 Å². The molecule has 5 heteroatoms. The number of nitrogens with one attached hydrogen (secondary N) is 1. The summed E-state index contributed by atoms with van der Waals surface area (Å²) in [6.07, 6.45) is 2.72. The molecule has 20 heavy (non-hydrogen) atoms. The van der Waals surface area contributed by atoms with Crippen LogP contribution in [0.2, 0.25) is 0 Å². The van der Waals surface area contributed by atoms with Crippen LogP contribution in [0.5, 0.6) is 0 Å². The number of nitrogens with two attached hydrogens (primary N) is 1. The molecule has 3 nitrogen and oxygen atoms in total. The Morgan fingerprint density at radius 2 is 2.10 bits per heavy atom. The predicted octanol–water partition coefficient (Wildman–Crippen LogP) is 2.39. The lowest BCUT2D eigenvalue weighted by molar-refractivity contribution is -0.120. The number of hydrogen-bond acceptors (Lipinski definition) is 2. The smallest absolute Gasteiger partial charge is 0.224 e. The number of benzene rings is 1. The van der Waals surface area contributed by atoms with E-state index in [1.165, 1.54) is 12.1 Å². The van der Waals surface area contributed by atoms with Crippen molar-refractivity contribution in [2.45, 2.75) is 32.6 Å². The summed E-state index contributed by atoms with van der Waals surface area (Å²) in [6.45, 7) is 3.19. The van der Waals surface area contributed by atoms with Crippen molar-refractivity contribution in [1.29, 1.82) is 0 Å². The summed E-state index contributed by atoms with van der Waals surface area (Å²) in [5.41, 5.74) is 5.60. The van der Waals surface area contributed by atoms with Crippen molar-refractivity contribution in [3.05, 3.63) is 35.4 Å². The highest BCUT2D eigenvalue weighted by atomic mass is 19.2. The van der Waals surface area contributed by atoms with Gasteiger partial charge in [0, 0.05) is 12.1 Å². The van der Waals surface area contributed by atoms with Crippen LogP contribution < -0.4 is 11.1 Å². The monoisotopic (exact) mass is 284 g/mol. The van der Waals surface area contributed by atoms with Crippen molar-refractivity contribution < 1.29 is 13.6 Å². The maximum atomic E-state index is 13.4. The molecule has 112 valence electrons. The maximum Gasteiger partial charge on any atom is 0.224 e. The fraction of sp³-hybridized carbons (Fsp3) is 0.533. The fourth-order valence-electron chi connectivity index (χ4n) is 2.17. The quantitative estimate of drug-likeness (QED) is 0.770. The van der Waals surface area contributed by atoms with Gasteiger partial charge < -0.3 is 11.1 Å². The van der Waals surface area contributed by atoms with Crippen LogP contribution in [0.25, 0.3) is 0 Å². The van der Waals surface area contributed by atoms with Crippen LogP contribution >= 0.6 is 0 Å². The second-order valence-electron chi connectivity index (χ2n) is 4.93. The minimum atomic E-state index is -0.949.